The maximum Gasteiger partial charge on any atom is 0.0434 e. The van der Waals surface area contributed by atoms with Gasteiger partial charge in [0.25, 0.3) is 0 Å². The molecule has 1 heterocycles. The average Bonchev–Trinajstić information content (AvgIpc) is 2.84. The summed E-state index contributed by atoms with van der Waals surface area (Å²) in [6, 6.07) is 28.3. The summed E-state index contributed by atoms with van der Waals surface area (Å²) in [5.74, 6) is 0. The number of halogens is 1. The molecule has 3 heteroatoms. The highest BCUT2D eigenvalue weighted by molar-refractivity contribution is 9.10. The second kappa shape index (κ2) is 11.6. The molecule has 0 unspecified atom stereocenters. The van der Waals surface area contributed by atoms with Crippen LogP contribution in [0.25, 0.3) is 11.1 Å². The Bertz CT molecular complexity index is 1000. The maximum absolute atomic E-state index is 9.58. The zero-order chi connectivity index (χ0) is 22.2. The number of nitrogens with zero attached hydrogens (tertiary/aromatic N) is 1. The highest BCUT2D eigenvalue weighted by Gasteiger charge is 2.15. The Morgan fingerprint density at radius 3 is 2.00 bits per heavy atom. The summed E-state index contributed by atoms with van der Waals surface area (Å²) in [5, 5.41) is 9.58. The van der Waals surface area contributed by atoms with E-state index in [0.29, 0.717) is 0 Å². The standard InChI is InChI=1S/C29H32BrNO/c30-27-17-15-26(16-18-27)29(28(10-7-21-32)24-8-3-1-4-9-24)25-13-11-23(12-14-25)22-31-19-5-2-6-20-31/h1,3-4,8-9,11-18,32H,2,5-7,10,19-22H2. The number of hydrogen-bond donors (Lipinski definition) is 1. The summed E-state index contributed by atoms with van der Waals surface area (Å²) in [7, 11) is 0. The van der Waals surface area contributed by atoms with E-state index < -0.39 is 0 Å². The highest BCUT2D eigenvalue weighted by atomic mass is 79.9. The molecule has 0 amide bonds. The third kappa shape index (κ3) is 5.98. The minimum atomic E-state index is 0.193. The molecule has 1 N–H and O–H groups in total. The second-order valence-electron chi connectivity index (χ2n) is 8.59. The number of likely N-dealkylation sites (tertiary alicyclic amines) is 1. The minimum Gasteiger partial charge on any atom is -0.396 e. The first kappa shape index (κ1) is 23.0. The molecule has 0 aliphatic carbocycles. The molecule has 1 fully saturated rings. The largest absolute Gasteiger partial charge is 0.396 e. The third-order valence-electron chi connectivity index (χ3n) is 6.24. The molecule has 0 atom stereocenters. The molecular formula is C29H32BrNO. The van der Waals surface area contributed by atoms with Gasteiger partial charge in [-0.3, -0.25) is 4.90 Å². The Hall–Kier alpha value is -2.20. The van der Waals surface area contributed by atoms with Crippen LogP contribution in [0.15, 0.2) is 83.3 Å². The van der Waals surface area contributed by atoms with E-state index in [1.165, 1.54) is 65.8 Å². The normalized spacial score (nSPS) is 15.4. The zero-order valence-corrected chi connectivity index (χ0v) is 20.2. The lowest BCUT2D eigenvalue weighted by Gasteiger charge is -2.26. The van der Waals surface area contributed by atoms with E-state index >= 15 is 0 Å². The van der Waals surface area contributed by atoms with E-state index in [4.69, 9.17) is 0 Å². The van der Waals surface area contributed by atoms with Gasteiger partial charge in [0.1, 0.15) is 0 Å². The Morgan fingerprint density at radius 2 is 1.38 bits per heavy atom. The topological polar surface area (TPSA) is 23.5 Å². The number of benzene rings is 3. The van der Waals surface area contributed by atoms with Crippen molar-refractivity contribution in [3.8, 4) is 0 Å². The molecule has 32 heavy (non-hydrogen) atoms. The molecule has 0 spiro atoms. The smallest absolute Gasteiger partial charge is 0.0434 e. The monoisotopic (exact) mass is 489 g/mol. The maximum atomic E-state index is 9.58. The van der Waals surface area contributed by atoms with Gasteiger partial charge in [-0.05, 0) is 84.3 Å². The van der Waals surface area contributed by atoms with Crippen LogP contribution in [0.3, 0.4) is 0 Å². The summed E-state index contributed by atoms with van der Waals surface area (Å²) in [5.41, 5.74) is 7.56. The van der Waals surface area contributed by atoms with E-state index in [2.05, 4.69) is 99.7 Å². The van der Waals surface area contributed by atoms with Gasteiger partial charge in [0.2, 0.25) is 0 Å². The fraction of sp³-hybridized carbons (Fsp3) is 0.310. The molecule has 0 aromatic heterocycles. The molecule has 0 bridgehead atoms. The summed E-state index contributed by atoms with van der Waals surface area (Å²) >= 11 is 3.58. The van der Waals surface area contributed by atoms with Crippen LogP contribution in [0.4, 0.5) is 0 Å². The van der Waals surface area contributed by atoms with Crippen LogP contribution in [0.1, 0.15) is 54.4 Å². The summed E-state index contributed by atoms with van der Waals surface area (Å²) in [6.45, 7) is 3.66. The van der Waals surface area contributed by atoms with Gasteiger partial charge in [0.05, 0.1) is 0 Å². The number of rotatable bonds is 8. The van der Waals surface area contributed by atoms with Crippen molar-refractivity contribution in [2.45, 2.75) is 38.6 Å². The van der Waals surface area contributed by atoms with Crippen molar-refractivity contribution in [3.05, 3.63) is 106 Å². The molecule has 1 saturated heterocycles. The molecule has 1 aliphatic rings. The number of aliphatic hydroxyl groups excluding tert-OH is 1. The van der Waals surface area contributed by atoms with Crippen LogP contribution in [0, 0.1) is 0 Å². The van der Waals surface area contributed by atoms with E-state index in [-0.39, 0.29) is 6.61 Å². The third-order valence-corrected chi connectivity index (χ3v) is 6.77. The van der Waals surface area contributed by atoms with Gasteiger partial charge in [0, 0.05) is 17.6 Å². The van der Waals surface area contributed by atoms with Crippen LogP contribution in [0.5, 0.6) is 0 Å². The highest BCUT2D eigenvalue weighted by Crippen LogP contribution is 2.35. The Kier molecular flexibility index (Phi) is 8.33. The van der Waals surface area contributed by atoms with Gasteiger partial charge in [-0.1, -0.05) is 89.1 Å². The van der Waals surface area contributed by atoms with Crippen LogP contribution in [-0.4, -0.2) is 29.7 Å². The number of allylic oxidation sites excluding steroid dienone is 1. The van der Waals surface area contributed by atoms with Crippen molar-refractivity contribution in [1.29, 1.82) is 0 Å². The van der Waals surface area contributed by atoms with Gasteiger partial charge >= 0.3 is 0 Å². The van der Waals surface area contributed by atoms with Gasteiger partial charge in [-0.25, -0.2) is 0 Å². The SMILES string of the molecule is OCCCC(=C(c1ccc(Br)cc1)c1ccc(CN2CCCCC2)cc1)c1ccccc1. The van der Waals surface area contributed by atoms with Crippen molar-refractivity contribution in [1.82, 2.24) is 4.90 Å². The predicted octanol–water partition coefficient (Wildman–Crippen LogP) is 7.17. The number of aliphatic hydroxyl groups is 1. The Balaban J connectivity index is 1.74. The van der Waals surface area contributed by atoms with Crippen LogP contribution in [0.2, 0.25) is 0 Å². The summed E-state index contributed by atoms with van der Waals surface area (Å²) in [6.07, 6.45) is 5.59. The van der Waals surface area contributed by atoms with Crippen molar-refractivity contribution in [2.24, 2.45) is 0 Å². The lowest BCUT2D eigenvalue weighted by atomic mass is 9.87. The van der Waals surface area contributed by atoms with E-state index in [1.54, 1.807) is 0 Å². The zero-order valence-electron chi connectivity index (χ0n) is 18.6. The molecule has 2 nitrogen and oxygen atoms in total. The molecule has 0 radical (unpaired) electrons. The van der Waals surface area contributed by atoms with Crippen LogP contribution >= 0.6 is 15.9 Å². The number of piperidine rings is 1. The van der Waals surface area contributed by atoms with Crippen molar-refractivity contribution < 1.29 is 5.11 Å². The van der Waals surface area contributed by atoms with E-state index in [1.807, 2.05) is 0 Å². The lowest BCUT2D eigenvalue weighted by Crippen LogP contribution is -2.29. The second-order valence-corrected chi connectivity index (χ2v) is 9.50. The minimum absolute atomic E-state index is 0.193. The van der Waals surface area contributed by atoms with Crippen LogP contribution < -0.4 is 0 Å². The Labute approximate surface area is 200 Å². The summed E-state index contributed by atoms with van der Waals surface area (Å²) in [4.78, 5) is 2.57. The van der Waals surface area contributed by atoms with E-state index in [0.717, 1.165) is 23.9 Å². The molecule has 3 aromatic rings. The molecule has 3 aromatic carbocycles. The fourth-order valence-corrected chi connectivity index (χ4v) is 4.86. The van der Waals surface area contributed by atoms with Gasteiger partial charge in [-0.15, -0.1) is 0 Å². The Morgan fingerprint density at radius 1 is 0.750 bits per heavy atom. The first-order valence-corrected chi connectivity index (χ1v) is 12.5. The van der Waals surface area contributed by atoms with Gasteiger partial charge in [0.15, 0.2) is 0 Å². The molecule has 4 rings (SSSR count). The molecule has 0 saturated carbocycles. The predicted molar refractivity (Wildman–Crippen MR) is 138 cm³/mol. The van der Waals surface area contributed by atoms with Crippen molar-refractivity contribution in [3.63, 3.8) is 0 Å². The fourth-order valence-electron chi connectivity index (χ4n) is 4.59. The first-order chi connectivity index (χ1) is 15.7. The average molecular weight is 490 g/mol. The van der Waals surface area contributed by atoms with E-state index in [9.17, 15) is 5.11 Å². The van der Waals surface area contributed by atoms with Crippen molar-refractivity contribution >= 4 is 27.1 Å². The molecular weight excluding hydrogens is 458 g/mol. The lowest BCUT2D eigenvalue weighted by molar-refractivity contribution is 0.221. The summed E-state index contributed by atoms with van der Waals surface area (Å²) < 4.78 is 1.08. The molecule has 166 valence electrons. The van der Waals surface area contributed by atoms with Gasteiger partial charge in [-0.2, -0.15) is 0 Å². The van der Waals surface area contributed by atoms with Gasteiger partial charge < -0.3 is 5.11 Å². The molecule has 1 aliphatic heterocycles. The van der Waals surface area contributed by atoms with Crippen molar-refractivity contribution in [2.75, 3.05) is 19.7 Å². The first-order valence-electron chi connectivity index (χ1n) is 11.7. The number of hydrogen-bond acceptors (Lipinski definition) is 2. The quantitative estimate of drug-likeness (QED) is 0.339. The van der Waals surface area contributed by atoms with Crippen LogP contribution in [-0.2, 0) is 6.54 Å².